The highest BCUT2D eigenvalue weighted by atomic mass is 19.1. The van der Waals surface area contributed by atoms with Crippen molar-refractivity contribution in [1.82, 2.24) is 9.97 Å². The van der Waals surface area contributed by atoms with Crippen LogP contribution in [0.15, 0.2) is 60.9 Å². The molecule has 0 aliphatic carbocycles. The molecule has 3 heterocycles. The fourth-order valence-electron chi connectivity index (χ4n) is 2.72. The molecule has 0 fully saturated rings. The SMILES string of the molecule is Fc1ccc(-c2nc3c(cc2-c2ccncc2)C=CCN3)cc1. The van der Waals surface area contributed by atoms with E-state index in [1.807, 2.05) is 12.1 Å². The number of nitrogens with zero attached hydrogens (tertiary/aromatic N) is 2. The molecule has 4 heteroatoms. The summed E-state index contributed by atoms with van der Waals surface area (Å²) < 4.78 is 13.2. The fraction of sp³-hybridized carbons (Fsp3) is 0.0526. The van der Waals surface area contributed by atoms with Gasteiger partial charge in [-0.1, -0.05) is 12.2 Å². The standard InChI is InChI=1S/C19H14FN3/c20-16-5-3-14(4-6-16)18-17(13-7-10-21-11-8-13)12-15-2-1-9-22-19(15)23-18/h1-8,10-12H,9H2,(H,22,23). The first-order valence-corrected chi connectivity index (χ1v) is 7.43. The van der Waals surface area contributed by atoms with Crippen molar-refractivity contribution in [2.24, 2.45) is 0 Å². The average molecular weight is 303 g/mol. The minimum absolute atomic E-state index is 0.252. The van der Waals surface area contributed by atoms with Gasteiger partial charge in [0.05, 0.1) is 5.69 Å². The van der Waals surface area contributed by atoms with E-state index in [1.165, 1.54) is 12.1 Å². The van der Waals surface area contributed by atoms with Crippen LogP contribution < -0.4 is 5.32 Å². The van der Waals surface area contributed by atoms with Crippen molar-refractivity contribution < 1.29 is 4.39 Å². The molecule has 0 bridgehead atoms. The van der Waals surface area contributed by atoms with E-state index >= 15 is 0 Å². The Balaban J connectivity index is 1.95. The van der Waals surface area contributed by atoms with Gasteiger partial charge >= 0.3 is 0 Å². The molecule has 23 heavy (non-hydrogen) atoms. The quantitative estimate of drug-likeness (QED) is 0.763. The van der Waals surface area contributed by atoms with Crippen LogP contribution in [0.5, 0.6) is 0 Å². The fourth-order valence-corrected chi connectivity index (χ4v) is 2.72. The van der Waals surface area contributed by atoms with Crippen molar-refractivity contribution in [1.29, 1.82) is 0 Å². The first-order valence-electron chi connectivity index (χ1n) is 7.43. The number of aromatic nitrogens is 2. The van der Waals surface area contributed by atoms with Gasteiger partial charge in [0.1, 0.15) is 11.6 Å². The second-order valence-electron chi connectivity index (χ2n) is 5.35. The zero-order valence-electron chi connectivity index (χ0n) is 12.3. The Hall–Kier alpha value is -3.01. The molecule has 3 aromatic rings. The van der Waals surface area contributed by atoms with Gasteiger partial charge in [-0.05, 0) is 48.0 Å². The monoisotopic (exact) mass is 303 g/mol. The van der Waals surface area contributed by atoms with E-state index in [-0.39, 0.29) is 5.82 Å². The van der Waals surface area contributed by atoms with Gasteiger partial charge < -0.3 is 5.32 Å². The third-order valence-electron chi connectivity index (χ3n) is 3.85. The van der Waals surface area contributed by atoms with Gasteiger partial charge in [-0.3, -0.25) is 4.98 Å². The van der Waals surface area contributed by atoms with E-state index in [1.54, 1.807) is 24.5 Å². The van der Waals surface area contributed by atoms with Crippen LogP contribution in [-0.4, -0.2) is 16.5 Å². The molecule has 0 radical (unpaired) electrons. The Morgan fingerprint density at radius 1 is 0.957 bits per heavy atom. The van der Waals surface area contributed by atoms with Crippen LogP contribution in [0.1, 0.15) is 5.56 Å². The van der Waals surface area contributed by atoms with Crippen molar-refractivity contribution in [2.45, 2.75) is 0 Å². The number of hydrogen-bond donors (Lipinski definition) is 1. The van der Waals surface area contributed by atoms with Gasteiger partial charge in [0.15, 0.2) is 0 Å². The summed E-state index contributed by atoms with van der Waals surface area (Å²) in [5, 5.41) is 3.28. The number of nitrogens with one attached hydrogen (secondary N) is 1. The zero-order valence-corrected chi connectivity index (χ0v) is 12.3. The second-order valence-corrected chi connectivity index (χ2v) is 5.35. The molecule has 112 valence electrons. The Labute approximate surface area is 133 Å². The highest BCUT2D eigenvalue weighted by Crippen LogP contribution is 2.34. The Morgan fingerprint density at radius 3 is 2.52 bits per heavy atom. The van der Waals surface area contributed by atoms with Gasteiger partial charge in [-0.15, -0.1) is 0 Å². The van der Waals surface area contributed by atoms with E-state index in [0.29, 0.717) is 0 Å². The van der Waals surface area contributed by atoms with Crippen molar-refractivity contribution in [3.05, 3.63) is 72.3 Å². The predicted molar refractivity (Wildman–Crippen MR) is 90.4 cm³/mol. The summed E-state index contributed by atoms with van der Waals surface area (Å²) in [5.74, 6) is 0.600. The molecule has 1 aromatic carbocycles. The average Bonchev–Trinajstić information content (AvgIpc) is 2.62. The maximum absolute atomic E-state index is 13.2. The normalized spacial score (nSPS) is 12.6. The van der Waals surface area contributed by atoms with Crippen molar-refractivity contribution in [3.8, 4) is 22.4 Å². The molecule has 1 aliphatic heterocycles. The summed E-state index contributed by atoms with van der Waals surface area (Å²) in [7, 11) is 0. The molecule has 0 unspecified atom stereocenters. The lowest BCUT2D eigenvalue weighted by Gasteiger charge is -2.17. The molecule has 1 N–H and O–H groups in total. The van der Waals surface area contributed by atoms with Gasteiger partial charge in [0.25, 0.3) is 0 Å². The smallest absolute Gasteiger partial charge is 0.134 e. The molecule has 0 saturated carbocycles. The number of hydrogen-bond acceptors (Lipinski definition) is 3. The summed E-state index contributed by atoms with van der Waals surface area (Å²) in [6, 6.07) is 12.5. The van der Waals surface area contributed by atoms with Crippen LogP contribution in [0.2, 0.25) is 0 Å². The number of benzene rings is 1. The summed E-state index contributed by atoms with van der Waals surface area (Å²) >= 11 is 0. The van der Waals surface area contributed by atoms with Crippen LogP contribution in [0.4, 0.5) is 10.2 Å². The van der Waals surface area contributed by atoms with E-state index < -0.39 is 0 Å². The number of anilines is 1. The van der Waals surface area contributed by atoms with Gasteiger partial charge in [-0.25, -0.2) is 9.37 Å². The van der Waals surface area contributed by atoms with E-state index in [2.05, 4.69) is 28.5 Å². The molecule has 1 aliphatic rings. The Kier molecular flexibility index (Phi) is 3.35. The van der Waals surface area contributed by atoms with Crippen molar-refractivity contribution in [3.63, 3.8) is 0 Å². The van der Waals surface area contributed by atoms with Gasteiger partial charge in [0, 0.05) is 35.6 Å². The first kappa shape index (κ1) is 13.6. The van der Waals surface area contributed by atoms with Crippen LogP contribution in [0.25, 0.3) is 28.5 Å². The van der Waals surface area contributed by atoms with E-state index in [9.17, 15) is 4.39 Å². The number of halogens is 1. The van der Waals surface area contributed by atoms with Crippen LogP contribution >= 0.6 is 0 Å². The highest BCUT2D eigenvalue weighted by molar-refractivity contribution is 5.85. The third kappa shape index (κ3) is 2.59. The largest absolute Gasteiger partial charge is 0.366 e. The van der Waals surface area contributed by atoms with Gasteiger partial charge in [-0.2, -0.15) is 0 Å². The molecule has 0 atom stereocenters. The molecule has 2 aromatic heterocycles. The molecule has 0 spiro atoms. The van der Waals surface area contributed by atoms with Crippen LogP contribution in [0, 0.1) is 5.82 Å². The number of rotatable bonds is 2. The molecule has 0 amide bonds. The molecular formula is C19H14FN3. The Morgan fingerprint density at radius 2 is 1.74 bits per heavy atom. The molecule has 4 rings (SSSR count). The van der Waals surface area contributed by atoms with Gasteiger partial charge in [0.2, 0.25) is 0 Å². The lowest BCUT2D eigenvalue weighted by atomic mass is 9.97. The maximum Gasteiger partial charge on any atom is 0.134 e. The van der Waals surface area contributed by atoms with Crippen molar-refractivity contribution >= 4 is 11.9 Å². The molecule has 3 nitrogen and oxygen atoms in total. The minimum atomic E-state index is -0.252. The second kappa shape index (κ2) is 5.65. The predicted octanol–water partition coefficient (Wildman–Crippen LogP) is 4.39. The van der Waals surface area contributed by atoms with Crippen molar-refractivity contribution in [2.75, 3.05) is 11.9 Å². The minimum Gasteiger partial charge on any atom is -0.366 e. The van der Waals surface area contributed by atoms with Crippen LogP contribution in [-0.2, 0) is 0 Å². The highest BCUT2D eigenvalue weighted by Gasteiger charge is 2.15. The Bertz CT molecular complexity index is 871. The summed E-state index contributed by atoms with van der Waals surface area (Å²) in [6.45, 7) is 0.761. The first-order chi connectivity index (χ1) is 11.3. The molecular weight excluding hydrogens is 289 g/mol. The zero-order chi connectivity index (χ0) is 15.6. The van der Waals surface area contributed by atoms with Crippen LogP contribution in [0.3, 0.4) is 0 Å². The maximum atomic E-state index is 13.2. The molecule has 0 saturated heterocycles. The topological polar surface area (TPSA) is 37.8 Å². The summed E-state index contributed by atoms with van der Waals surface area (Å²) in [5.41, 5.74) is 4.81. The lowest BCUT2D eigenvalue weighted by molar-refractivity contribution is 0.628. The lowest BCUT2D eigenvalue weighted by Crippen LogP contribution is -2.08. The van der Waals surface area contributed by atoms with E-state index in [4.69, 9.17) is 4.98 Å². The summed E-state index contributed by atoms with van der Waals surface area (Å²) in [4.78, 5) is 8.86. The number of fused-ring (bicyclic) bond motifs is 1. The third-order valence-corrected chi connectivity index (χ3v) is 3.85. The summed E-state index contributed by atoms with van der Waals surface area (Å²) in [6.07, 6.45) is 7.66. The van der Waals surface area contributed by atoms with E-state index in [0.717, 1.165) is 40.3 Å². The number of pyridine rings is 2.